The van der Waals surface area contributed by atoms with E-state index in [4.69, 9.17) is 4.74 Å². The van der Waals surface area contributed by atoms with Gasteiger partial charge in [-0.05, 0) is 64.2 Å². The molecule has 1 aromatic heterocycles. The number of H-pyrrole nitrogens is 1. The van der Waals surface area contributed by atoms with E-state index in [1.54, 1.807) is 17.2 Å². The minimum atomic E-state index is -0.853. The molecule has 1 fully saturated rings. The summed E-state index contributed by atoms with van der Waals surface area (Å²) in [5.74, 6) is -1.51. The first kappa shape index (κ1) is 17.7. The predicted molar refractivity (Wildman–Crippen MR) is 92.6 cm³/mol. The molecule has 4 nitrogen and oxygen atoms in total. The summed E-state index contributed by atoms with van der Waals surface area (Å²) in [6, 6.07) is 2.79. The van der Waals surface area contributed by atoms with E-state index in [9.17, 15) is 13.6 Å². The number of halogens is 2. The Hall–Kier alpha value is -2.11. The van der Waals surface area contributed by atoms with Crippen molar-refractivity contribution in [3.05, 3.63) is 35.5 Å². The van der Waals surface area contributed by atoms with Crippen molar-refractivity contribution in [1.82, 2.24) is 9.88 Å². The van der Waals surface area contributed by atoms with E-state index in [0.29, 0.717) is 11.9 Å². The average Bonchev–Trinajstić information content (AvgIpc) is 2.93. The highest BCUT2D eigenvalue weighted by Crippen LogP contribution is 2.36. The van der Waals surface area contributed by atoms with Gasteiger partial charge in [-0.2, -0.15) is 0 Å². The van der Waals surface area contributed by atoms with Gasteiger partial charge in [0, 0.05) is 24.2 Å². The highest BCUT2D eigenvalue weighted by Gasteiger charge is 2.33. The standard InChI is InChI=1S/C19H24F2N2O2/c1-11-9-12(7-8-23(11)18(24)25-19(2,3)4)14-10-22-17-13(14)5-6-15(20)16(17)21/h5-6,10-12,22H,7-9H2,1-4H3/t11-,12+/m1/s1. The molecule has 1 saturated heterocycles. The van der Waals surface area contributed by atoms with Gasteiger partial charge >= 0.3 is 6.09 Å². The molecule has 2 atom stereocenters. The minimum absolute atomic E-state index is 0.0174. The molecule has 2 aromatic rings. The van der Waals surface area contributed by atoms with Crippen LogP contribution in [-0.2, 0) is 4.74 Å². The fraction of sp³-hybridized carbons (Fsp3) is 0.526. The maximum absolute atomic E-state index is 13.9. The Morgan fingerprint density at radius 3 is 2.68 bits per heavy atom. The summed E-state index contributed by atoms with van der Waals surface area (Å²) in [6.07, 6.45) is 2.97. The predicted octanol–water partition coefficient (Wildman–Crippen LogP) is 4.95. The van der Waals surface area contributed by atoms with Gasteiger partial charge in [-0.3, -0.25) is 0 Å². The highest BCUT2D eigenvalue weighted by molar-refractivity contribution is 5.84. The number of hydrogen-bond donors (Lipinski definition) is 1. The van der Waals surface area contributed by atoms with Crippen LogP contribution in [0.3, 0.4) is 0 Å². The van der Waals surface area contributed by atoms with Gasteiger partial charge in [0.15, 0.2) is 11.6 Å². The van der Waals surface area contributed by atoms with Crippen molar-refractivity contribution in [3.8, 4) is 0 Å². The second-order valence-electron chi connectivity index (χ2n) is 7.77. The molecular formula is C19H24F2N2O2. The molecule has 2 heterocycles. The third-order valence-electron chi connectivity index (χ3n) is 4.72. The van der Waals surface area contributed by atoms with Crippen molar-refractivity contribution in [2.75, 3.05) is 6.54 Å². The van der Waals surface area contributed by atoms with Crippen molar-refractivity contribution in [2.24, 2.45) is 0 Å². The number of fused-ring (bicyclic) bond motifs is 1. The first-order valence-corrected chi connectivity index (χ1v) is 8.62. The van der Waals surface area contributed by atoms with Gasteiger partial charge in [-0.1, -0.05) is 0 Å². The van der Waals surface area contributed by atoms with Crippen LogP contribution in [0.2, 0.25) is 0 Å². The molecule has 0 unspecified atom stereocenters. The SMILES string of the molecule is C[C@@H]1C[C@@H](c2c[nH]c3c(F)c(F)ccc23)CCN1C(=O)OC(C)(C)C. The summed E-state index contributed by atoms with van der Waals surface area (Å²) in [5, 5.41) is 0.710. The van der Waals surface area contributed by atoms with Crippen LogP contribution in [0.25, 0.3) is 10.9 Å². The number of hydrogen-bond acceptors (Lipinski definition) is 2. The molecule has 1 amide bonds. The van der Waals surface area contributed by atoms with E-state index in [1.807, 2.05) is 27.7 Å². The second-order valence-corrected chi connectivity index (χ2v) is 7.77. The number of piperidine rings is 1. The molecule has 136 valence electrons. The Morgan fingerprint density at radius 1 is 1.32 bits per heavy atom. The first-order valence-electron chi connectivity index (χ1n) is 8.62. The zero-order valence-corrected chi connectivity index (χ0v) is 15.0. The van der Waals surface area contributed by atoms with Gasteiger partial charge in [0.2, 0.25) is 0 Å². The molecule has 1 aliphatic heterocycles. The minimum Gasteiger partial charge on any atom is -0.444 e. The average molecular weight is 350 g/mol. The molecule has 6 heteroatoms. The van der Waals surface area contributed by atoms with Crippen LogP contribution in [0.4, 0.5) is 13.6 Å². The number of rotatable bonds is 1. The molecule has 25 heavy (non-hydrogen) atoms. The molecule has 0 aliphatic carbocycles. The molecule has 1 aromatic carbocycles. The van der Waals surface area contributed by atoms with E-state index < -0.39 is 17.2 Å². The summed E-state index contributed by atoms with van der Waals surface area (Å²) in [7, 11) is 0. The highest BCUT2D eigenvalue weighted by atomic mass is 19.2. The number of carbonyl (C=O) groups is 1. The quantitative estimate of drug-likeness (QED) is 0.791. The number of nitrogens with zero attached hydrogens (tertiary/aromatic N) is 1. The molecule has 3 rings (SSSR count). The van der Waals surface area contributed by atoms with Crippen LogP contribution in [0.5, 0.6) is 0 Å². The Morgan fingerprint density at radius 2 is 2.04 bits per heavy atom. The lowest BCUT2D eigenvalue weighted by Gasteiger charge is -2.38. The second kappa shape index (κ2) is 6.32. The van der Waals surface area contributed by atoms with Gasteiger partial charge in [0.05, 0.1) is 5.52 Å². The van der Waals surface area contributed by atoms with Crippen LogP contribution in [0.1, 0.15) is 52.0 Å². The van der Waals surface area contributed by atoms with Gasteiger partial charge < -0.3 is 14.6 Å². The van der Waals surface area contributed by atoms with E-state index >= 15 is 0 Å². The summed E-state index contributed by atoms with van der Waals surface area (Å²) in [5.41, 5.74) is 0.661. The summed E-state index contributed by atoms with van der Waals surface area (Å²) >= 11 is 0. The molecule has 0 radical (unpaired) electrons. The van der Waals surface area contributed by atoms with Crippen molar-refractivity contribution in [2.45, 2.75) is 58.1 Å². The van der Waals surface area contributed by atoms with Gasteiger partial charge in [-0.25, -0.2) is 13.6 Å². The normalized spacial score (nSPS) is 21.6. The number of ether oxygens (including phenoxy) is 1. The summed E-state index contributed by atoms with van der Waals surface area (Å²) in [4.78, 5) is 16.9. The Bertz CT molecular complexity index is 795. The smallest absolute Gasteiger partial charge is 0.410 e. The number of likely N-dealkylation sites (tertiary alicyclic amines) is 1. The molecule has 0 saturated carbocycles. The number of benzene rings is 1. The molecule has 0 bridgehead atoms. The van der Waals surface area contributed by atoms with Gasteiger partial charge in [0.1, 0.15) is 5.60 Å². The van der Waals surface area contributed by atoms with E-state index in [-0.39, 0.29) is 23.6 Å². The van der Waals surface area contributed by atoms with E-state index in [1.165, 1.54) is 0 Å². The van der Waals surface area contributed by atoms with Crippen molar-refractivity contribution < 1.29 is 18.3 Å². The van der Waals surface area contributed by atoms with Crippen LogP contribution in [0, 0.1) is 11.6 Å². The van der Waals surface area contributed by atoms with Crippen LogP contribution < -0.4 is 0 Å². The zero-order chi connectivity index (χ0) is 18.4. The number of amides is 1. The van der Waals surface area contributed by atoms with Gasteiger partial charge in [-0.15, -0.1) is 0 Å². The summed E-state index contributed by atoms with van der Waals surface area (Å²) < 4.78 is 32.8. The largest absolute Gasteiger partial charge is 0.444 e. The number of carbonyl (C=O) groups excluding carboxylic acids is 1. The van der Waals surface area contributed by atoms with Crippen LogP contribution in [-0.4, -0.2) is 34.2 Å². The molecule has 1 aliphatic rings. The topological polar surface area (TPSA) is 45.3 Å². The number of nitrogens with one attached hydrogen (secondary N) is 1. The summed E-state index contributed by atoms with van der Waals surface area (Å²) in [6.45, 7) is 8.12. The van der Waals surface area contributed by atoms with Crippen molar-refractivity contribution >= 4 is 17.0 Å². The molecule has 1 N–H and O–H groups in total. The van der Waals surface area contributed by atoms with Crippen LogP contribution >= 0.6 is 0 Å². The molecule has 0 spiro atoms. The van der Waals surface area contributed by atoms with Crippen LogP contribution in [0.15, 0.2) is 18.3 Å². The maximum atomic E-state index is 13.9. The Labute approximate surface area is 146 Å². The number of aromatic amines is 1. The zero-order valence-electron chi connectivity index (χ0n) is 15.0. The lowest BCUT2D eigenvalue weighted by atomic mass is 9.86. The fourth-order valence-corrected chi connectivity index (χ4v) is 3.54. The Balaban J connectivity index is 1.78. The lowest BCUT2D eigenvalue weighted by molar-refractivity contribution is 0.0104. The third kappa shape index (κ3) is 3.48. The monoisotopic (exact) mass is 350 g/mol. The third-order valence-corrected chi connectivity index (χ3v) is 4.72. The lowest BCUT2D eigenvalue weighted by Crippen LogP contribution is -2.46. The van der Waals surface area contributed by atoms with E-state index in [2.05, 4.69) is 4.98 Å². The van der Waals surface area contributed by atoms with Gasteiger partial charge in [0.25, 0.3) is 0 Å². The van der Waals surface area contributed by atoms with Crippen molar-refractivity contribution in [3.63, 3.8) is 0 Å². The Kier molecular flexibility index (Phi) is 4.47. The fourth-order valence-electron chi connectivity index (χ4n) is 3.54. The maximum Gasteiger partial charge on any atom is 0.410 e. The van der Waals surface area contributed by atoms with E-state index in [0.717, 1.165) is 24.5 Å². The van der Waals surface area contributed by atoms with Crippen molar-refractivity contribution in [1.29, 1.82) is 0 Å². The molecular weight excluding hydrogens is 326 g/mol. The number of aromatic nitrogens is 1. The first-order chi connectivity index (χ1) is 11.7.